The van der Waals surface area contributed by atoms with E-state index in [1.54, 1.807) is 0 Å². The molecule has 0 aliphatic carbocycles. The molecule has 0 aliphatic rings. The molecule has 1 rings (SSSR count). The topological polar surface area (TPSA) is 113 Å². The molecule has 1 aromatic heterocycles. The smallest absolute Gasteiger partial charge is 0.321 e. The summed E-state index contributed by atoms with van der Waals surface area (Å²) < 4.78 is 4.87. The van der Waals surface area contributed by atoms with Gasteiger partial charge >= 0.3 is 12.0 Å². The van der Waals surface area contributed by atoms with Gasteiger partial charge in [-0.05, 0) is 6.42 Å². The molecule has 0 saturated heterocycles. The Bertz CT molecular complexity index is 407. The van der Waals surface area contributed by atoms with Crippen LogP contribution in [0, 0.1) is 0 Å². The van der Waals surface area contributed by atoms with E-state index in [1.165, 1.54) is 19.5 Å². The van der Waals surface area contributed by atoms with E-state index < -0.39 is 12.0 Å². The maximum Gasteiger partial charge on any atom is 0.321 e. The van der Waals surface area contributed by atoms with Crippen LogP contribution in [-0.4, -0.2) is 40.7 Å². The fourth-order valence-electron chi connectivity index (χ4n) is 1.07. The number of anilines is 1. The Morgan fingerprint density at radius 3 is 2.61 bits per heavy atom. The fraction of sp³-hybridized carbons (Fsp3) is 0.400. The van der Waals surface area contributed by atoms with Gasteiger partial charge in [-0.2, -0.15) is 0 Å². The molecule has 0 radical (unpaired) electrons. The number of amides is 2. The summed E-state index contributed by atoms with van der Waals surface area (Å²) in [6.07, 6.45) is 3.23. The van der Waals surface area contributed by atoms with Gasteiger partial charge in [-0.3, -0.25) is 10.1 Å². The Morgan fingerprint density at radius 2 is 2.06 bits per heavy atom. The summed E-state index contributed by atoms with van der Waals surface area (Å²) in [6, 6.07) is -0.481. The number of nitrogens with zero attached hydrogens (tertiary/aromatic N) is 2. The van der Waals surface area contributed by atoms with Gasteiger partial charge in [0.2, 0.25) is 5.95 Å². The lowest BCUT2D eigenvalue weighted by molar-refractivity contribution is -0.137. The van der Waals surface area contributed by atoms with Gasteiger partial charge in [0.25, 0.3) is 0 Å². The number of nitrogens with one attached hydrogen (secondary N) is 2. The number of urea groups is 1. The molecule has 0 unspecified atom stereocenters. The second-order valence-electron chi connectivity index (χ2n) is 3.32. The van der Waals surface area contributed by atoms with Gasteiger partial charge in [-0.25, -0.2) is 14.8 Å². The lowest BCUT2D eigenvalue weighted by atomic mass is 10.3. The van der Waals surface area contributed by atoms with Crippen molar-refractivity contribution in [3.05, 3.63) is 12.4 Å². The molecule has 0 aliphatic heterocycles. The number of rotatable bonds is 6. The first-order valence-corrected chi connectivity index (χ1v) is 5.24. The van der Waals surface area contributed by atoms with Crippen LogP contribution in [0.25, 0.3) is 0 Å². The molecular weight excluding hydrogens is 240 g/mol. The molecule has 98 valence electrons. The normalized spacial score (nSPS) is 9.61. The maximum atomic E-state index is 11.3. The van der Waals surface area contributed by atoms with Crippen molar-refractivity contribution in [2.75, 3.05) is 19.0 Å². The van der Waals surface area contributed by atoms with Crippen LogP contribution in [0.3, 0.4) is 0 Å². The SMILES string of the molecule is COc1cnc(NC(=O)NCCCC(=O)O)nc1. The van der Waals surface area contributed by atoms with Crippen molar-refractivity contribution in [1.82, 2.24) is 15.3 Å². The summed E-state index contributed by atoms with van der Waals surface area (Å²) in [5.41, 5.74) is 0. The number of carbonyl (C=O) groups excluding carboxylic acids is 1. The summed E-state index contributed by atoms with van der Waals surface area (Å²) >= 11 is 0. The molecule has 0 saturated carbocycles. The first-order valence-electron chi connectivity index (χ1n) is 5.24. The van der Waals surface area contributed by atoms with Crippen molar-refractivity contribution in [3.63, 3.8) is 0 Å². The quantitative estimate of drug-likeness (QED) is 0.636. The number of carboxylic acids is 1. The van der Waals surface area contributed by atoms with Gasteiger partial charge in [-0.1, -0.05) is 0 Å². The molecule has 8 nitrogen and oxygen atoms in total. The number of hydrogen-bond donors (Lipinski definition) is 3. The zero-order valence-corrected chi connectivity index (χ0v) is 9.84. The van der Waals surface area contributed by atoms with Crippen LogP contribution in [0.2, 0.25) is 0 Å². The number of ether oxygens (including phenoxy) is 1. The van der Waals surface area contributed by atoms with Crippen LogP contribution in [0.15, 0.2) is 12.4 Å². The monoisotopic (exact) mass is 254 g/mol. The minimum Gasteiger partial charge on any atom is -0.494 e. The van der Waals surface area contributed by atoms with Crippen molar-refractivity contribution < 1.29 is 19.4 Å². The van der Waals surface area contributed by atoms with E-state index in [4.69, 9.17) is 9.84 Å². The van der Waals surface area contributed by atoms with Gasteiger partial charge in [0.1, 0.15) is 0 Å². The van der Waals surface area contributed by atoms with Crippen LogP contribution in [0.1, 0.15) is 12.8 Å². The Balaban J connectivity index is 2.28. The van der Waals surface area contributed by atoms with E-state index in [0.717, 1.165) is 0 Å². The molecular formula is C10H14N4O4. The average molecular weight is 254 g/mol. The molecule has 18 heavy (non-hydrogen) atoms. The Labute approximate surface area is 103 Å². The van der Waals surface area contributed by atoms with Gasteiger partial charge < -0.3 is 15.2 Å². The molecule has 2 amide bonds. The van der Waals surface area contributed by atoms with Crippen molar-refractivity contribution in [1.29, 1.82) is 0 Å². The highest BCUT2D eigenvalue weighted by atomic mass is 16.5. The van der Waals surface area contributed by atoms with Crippen LogP contribution in [-0.2, 0) is 4.79 Å². The Kier molecular flexibility index (Phi) is 5.36. The molecule has 0 fully saturated rings. The lowest BCUT2D eigenvalue weighted by Gasteiger charge is -2.05. The summed E-state index contributed by atoms with van der Waals surface area (Å²) in [4.78, 5) is 29.3. The zero-order chi connectivity index (χ0) is 13.4. The molecule has 0 atom stereocenters. The molecule has 8 heteroatoms. The highest BCUT2D eigenvalue weighted by Gasteiger charge is 2.04. The van der Waals surface area contributed by atoms with Crippen LogP contribution in [0.5, 0.6) is 5.75 Å². The van der Waals surface area contributed by atoms with E-state index in [-0.39, 0.29) is 18.9 Å². The van der Waals surface area contributed by atoms with Crippen molar-refractivity contribution in [2.45, 2.75) is 12.8 Å². The summed E-state index contributed by atoms with van der Waals surface area (Å²) in [7, 11) is 1.49. The number of methoxy groups -OCH3 is 1. The second-order valence-corrected chi connectivity index (χ2v) is 3.32. The third-order valence-corrected chi connectivity index (χ3v) is 1.94. The fourth-order valence-corrected chi connectivity index (χ4v) is 1.07. The minimum absolute atomic E-state index is 0.0132. The molecule has 0 spiro atoms. The molecule has 0 aromatic carbocycles. The van der Waals surface area contributed by atoms with E-state index in [9.17, 15) is 9.59 Å². The summed E-state index contributed by atoms with van der Waals surface area (Å²) in [6.45, 7) is 0.272. The third-order valence-electron chi connectivity index (χ3n) is 1.94. The predicted molar refractivity (Wildman–Crippen MR) is 62.5 cm³/mol. The number of hydrogen-bond acceptors (Lipinski definition) is 5. The molecule has 1 aromatic rings. The van der Waals surface area contributed by atoms with Gasteiger partial charge in [-0.15, -0.1) is 0 Å². The second kappa shape index (κ2) is 7.05. The van der Waals surface area contributed by atoms with E-state index >= 15 is 0 Å². The van der Waals surface area contributed by atoms with Gasteiger partial charge in [0.05, 0.1) is 19.5 Å². The van der Waals surface area contributed by atoms with Crippen molar-refractivity contribution in [2.24, 2.45) is 0 Å². The Hall–Kier alpha value is -2.38. The van der Waals surface area contributed by atoms with E-state index in [0.29, 0.717) is 12.2 Å². The number of aromatic nitrogens is 2. The Morgan fingerprint density at radius 1 is 1.39 bits per heavy atom. The minimum atomic E-state index is -0.893. The molecule has 0 bridgehead atoms. The standard InChI is InChI=1S/C10H14N4O4/c1-18-7-5-12-9(13-6-7)14-10(17)11-4-2-3-8(15)16/h5-6H,2-4H2,1H3,(H,15,16)(H2,11,12,13,14,17). The van der Waals surface area contributed by atoms with Crippen molar-refractivity contribution >= 4 is 17.9 Å². The molecule has 1 heterocycles. The van der Waals surface area contributed by atoms with E-state index in [1.807, 2.05) is 0 Å². The number of carbonyl (C=O) groups is 2. The lowest BCUT2D eigenvalue weighted by Crippen LogP contribution is -2.30. The maximum absolute atomic E-state index is 11.3. The van der Waals surface area contributed by atoms with Crippen LogP contribution < -0.4 is 15.4 Å². The zero-order valence-electron chi connectivity index (χ0n) is 9.84. The highest BCUT2D eigenvalue weighted by Crippen LogP contribution is 2.06. The van der Waals surface area contributed by atoms with Crippen LogP contribution in [0.4, 0.5) is 10.7 Å². The van der Waals surface area contributed by atoms with Crippen molar-refractivity contribution in [3.8, 4) is 5.75 Å². The van der Waals surface area contributed by atoms with Crippen LogP contribution >= 0.6 is 0 Å². The average Bonchev–Trinajstić information content (AvgIpc) is 2.35. The van der Waals surface area contributed by atoms with Gasteiger partial charge in [0.15, 0.2) is 5.75 Å². The largest absolute Gasteiger partial charge is 0.494 e. The van der Waals surface area contributed by atoms with E-state index in [2.05, 4.69) is 20.6 Å². The summed E-state index contributed by atoms with van der Waals surface area (Å²) in [5.74, 6) is -0.260. The highest BCUT2D eigenvalue weighted by molar-refractivity contribution is 5.87. The molecule has 3 N–H and O–H groups in total. The first kappa shape index (κ1) is 13.7. The first-order chi connectivity index (χ1) is 8.61. The van der Waals surface area contributed by atoms with Gasteiger partial charge in [0, 0.05) is 13.0 Å². The number of carboxylic acid groups (broad SMARTS) is 1. The predicted octanol–water partition coefficient (Wildman–Crippen LogP) is 0.471. The number of aliphatic carboxylic acids is 1. The summed E-state index contributed by atoms with van der Waals surface area (Å²) in [5, 5.41) is 13.3. The third kappa shape index (κ3) is 5.10.